The molecule has 0 amide bonds. The van der Waals surface area contributed by atoms with Gasteiger partial charge in [-0.15, -0.1) is 0 Å². The van der Waals surface area contributed by atoms with E-state index in [2.05, 4.69) is 0 Å². The Balaban J connectivity index is 2.45. The minimum absolute atomic E-state index is 0.0175. The Hall–Kier alpha value is -1.13. The first-order chi connectivity index (χ1) is 8.45. The summed E-state index contributed by atoms with van der Waals surface area (Å²) in [6.07, 6.45) is -0.230. The van der Waals surface area contributed by atoms with Crippen molar-refractivity contribution in [3.8, 4) is 6.07 Å². The van der Waals surface area contributed by atoms with Gasteiger partial charge in [0, 0.05) is 18.1 Å². The third kappa shape index (κ3) is 2.35. The summed E-state index contributed by atoms with van der Waals surface area (Å²) in [7, 11) is -3.74. The van der Waals surface area contributed by atoms with Crippen LogP contribution in [-0.4, -0.2) is 37.0 Å². The van der Waals surface area contributed by atoms with Crippen molar-refractivity contribution < 1.29 is 13.5 Å². The number of hydrogen-bond donors (Lipinski definition) is 1. The molecule has 1 aliphatic rings. The van der Waals surface area contributed by atoms with Crippen LogP contribution in [0.4, 0.5) is 0 Å². The lowest BCUT2D eigenvalue weighted by atomic mass is 10.2. The van der Waals surface area contributed by atoms with Crippen LogP contribution in [0.25, 0.3) is 0 Å². The molecule has 1 fully saturated rings. The zero-order valence-corrected chi connectivity index (χ0v) is 10.9. The van der Waals surface area contributed by atoms with E-state index in [1.807, 2.05) is 6.07 Å². The molecule has 1 aromatic carbocycles. The minimum atomic E-state index is -3.74. The van der Waals surface area contributed by atoms with Crippen molar-refractivity contribution in [1.29, 1.82) is 5.26 Å². The summed E-state index contributed by atoms with van der Waals surface area (Å²) in [4.78, 5) is -0.0662. The highest BCUT2D eigenvalue weighted by Crippen LogP contribution is 2.25. The van der Waals surface area contributed by atoms with Crippen LogP contribution in [0.2, 0.25) is 5.02 Å². The summed E-state index contributed by atoms with van der Waals surface area (Å²) in [5, 5.41) is 18.7. The Bertz CT molecular complexity index is 609. The highest BCUT2D eigenvalue weighted by atomic mass is 35.5. The van der Waals surface area contributed by atoms with Crippen molar-refractivity contribution in [2.45, 2.75) is 17.4 Å². The van der Waals surface area contributed by atoms with E-state index in [0.717, 1.165) is 0 Å². The smallest absolute Gasteiger partial charge is 0.244 e. The fourth-order valence-corrected chi connectivity index (χ4v) is 3.67. The zero-order chi connectivity index (χ0) is 13.3. The van der Waals surface area contributed by atoms with Crippen molar-refractivity contribution in [2.75, 3.05) is 13.1 Å². The summed E-state index contributed by atoms with van der Waals surface area (Å²) < 4.78 is 25.8. The number of nitriles is 1. The molecule has 7 heteroatoms. The molecule has 1 aromatic rings. The van der Waals surface area contributed by atoms with Gasteiger partial charge in [-0.25, -0.2) is 8.42 Å². The van der Waals surface area contributed by atoms with Crippen molar-refractivity contribution in [3.63, 3.8) is 0 Å². The first-order valence-corrected chi connectivity index (χ1v) is 7.15. The lowest BCUT2D eigenvalue weighted by Gasteiger charge is -2.16. The van der Waals surface area contributed by atoms with Gasteiger partial charge in [0.2, 0.25) is 10.0 Å². The van der Waals surface area contributed by atoms with Crippen molar-refractivity contribution in [3.05, 3.63) is 28.8 Å². The summed E-state index contributed by atoms with van der Waals surface area (Å²) >= 11 is 5.73. The molecule has 0 aliphatic carbocycles. The third-order valence-corrected chi connectivity index (χ3v) is 4.96. The number of benzene rings is 1. The molecule has 2 rings (SSSR count). The molecular formula is C11H11ClN2O3S. The van der Waals surface area contributed by atoms with Gasteiger partial charge >= 0.3 is 0 Å². The summed E-state index contributed by atoms with van der Waals surface area (Å²) in [5.41, 5.74) is 0.0175. The molecule has 0 spiro atoms. The van der Waals surface area contributed by atoms with E-state index in [0.29, 0.717) is 11.4 Å². The molecule has 0 saturated carbocycles. The molecule has 0 unspecified atom stereocenters. The molecule has 1 aliphatic heterocycles. The Labute approximate surface area is 110 Å². The molecule has 1 N–H and O–H groups in total. The van der Waals surface area contributed by atoms with E-state index in [-0.39, 0.29) is 23.5 Å². The maximum Gasteiger partial charge on any atom is 0.244 e. The summed E-state index contributed by atoms with van der Waals surface area (Å²) in [5.74, 6) is 0. The third-order valence-electron chi connectivity index (χ3n) is 2.81. The minimum Gasteiger partial charge on any atom is -0.392 e. The van der Waals surface area contributed by atoms with Gasteiger partial charge in [0.15, 0.2) is 0 Å². The number of halogens is 1. The Morgan fingerprint density at radius 2 is 2.22 bits per heavy atom. The molecule has 5 nitrogen and oxygen atoms in total. The van der Waals surface area contributed by atoms with Crippen molar-refractivity contribution in [1.82, 2.24) is 4.31 Å². The van der Waals surface area contributed by atoms with Crippen LogP contribution in [0.1, 0.15) is 12.0 Å². The second-order valence-electron chi connectivity index (χ2n) is 4.06. The fraction of sp³-hybridized carbons (Fsp3) is 0.364. The number of rotatable bonds is 2. The second kappa shape index (κ2) is 4.86. The maximum absolute atomic E-state index is 12.3. The van der Waals surface area contributed by atoms with Gasteiger partial charge in [-0.3, -0.25) is 0 Å². The van der Waals surface area contributed by atoms with E-state index in [9.17, 15) is 13.5 Å². The lowest BCUT2D eigenvalue weighted by molar-refractivity contribution is 0.189. The average molecular weight is 287 g/mol. The highest BCUT2D eigenvalue weighted by Gasteiger charge is 2.33. The SMILES string of the molecule is N#Cc1cc(Cl)ccc1S(=O)(=O)N1CC[C@@H](O)C1. The van der Waals surface area contributed by atoms with Crippen molar-refractivity contribution >= 4 is 21.6 Å². The average Bonchev–Trinajstić information content (AvgIpc) is 2.76. The molecule has 96 valence electrons. The Morgan fingerprint density at radius 1 is 1.50 bits per heavy atom. The van der Waals surface area contributed by atoms with Crippen LogP contribution >= 0.6 is 11.6 Å². The van der Waals surface area contributed by atoms with Gasteiger partial charge in [0.1, 0.15) is 11.0 Å². The lowest BCUT2D eigenvalue weighted by Crippen LogP contribution is -2.30. The van der Waals surface area contributed by atoms with Crippen LogP contribution < -0.4 is 0 Å². The molecule has 1 saturated heterocycles. The normalized spacial score (nSPS) is 20.8. The maximum atomic E-state index is 12.3. The highest BCUT2D eigenvalue weighted by molar-refractivity contribution is 7.89. The van der Waals surface area contributed by atoms with Gasteiger partial charge in [0.25, 0.3) is 0 Å². The van der Waals surface area contributed by atoms with E-state index in [4.69, 9.17) is 16.9 Å². The Morgan fingerprint density at radius 3 is 2.78 bits per heavy atom. The summed E-state index contributed by atoms with van der Waals surface area (Å²) in [6.45, 7) is 0.326. The number of aliphatic hydroxyl groups excluding tert-OH is 1. The molecule has 0 bridgehead atoms. The van der Waals surface area contributed by atoms with E-state index >= 15 is 0 Å². The van der Waals surface area contributed by atoms with Crippen LogP contribution in [0.5, 0.6) is 0 Å². The Kier molecular flexibility index (Phi) is 3.59. The number of nitrogens with zero attached hydrogens (tertiary/aromatic N) is 2. The number of sulfonamides is 1. The van der Waals surface area contributed by atoms with Gasteiger partial charge < -0.3 is 5.11 Å². The van der Waals surface area contributed by atoms with Crippen LogP contribution in [0.15, 0.2) is 23.1 Å². The fourth-order valence-electron chi connectivity index (χ4n) is 1.88. The topological polar surface area (TPSA) is 81.4 Å². The van der Waals surface area contributed by atoms with Crippen LogP contribution in [0, 0.1) is 11.3 Å². The first kappa shape index (κ1) is 13.3. The second-order valence-corrected chi connectivity index (χ2v) is 6.40. The molecule has 1 atom stereocenters. The van der Waals surface area contributed by atoms with Crippen LogP contribution in [0.3, 0.4) is 0 Å². The zero-order valence-electron chi connectivity index (χ0n) is 9.38. The van der Waals surface area contributed by atoms with E-state index in [1.165, 1.54) is 22.5 Å². The molecule has 1 heterocycles. The summed E-state index contributed by atoms with van der Waals surface area (Å²) in [6, 6.07) is 5.90. The predicted octanol–water partition coefficient (Wildman–Crippen LogP) is 0.967. The van der Waals surface area contributed by atoms with Crippen molar-refractivity contribution in [2.24, 2.45) is 0 Å². The van der Waals surface area contributed by atoms with Gasteiger partial charge in [-0.05, 0) is 24.6 Å². The molecule has 0 radical (unpaired) electrons. The first-order valence-electron chi connectivity index (χ1n) is 5.33. The number of hydrogen-bond acceptors (Lipinski definition) is 4. The molecule has 18 heavy (non-hydrogen) atoms. The molecular weight excluding hydrogens is 276 g/mol. The van der Waals surface area contributed by atoms with Crippen LogP contribution in [-0.2, 0) is 10.0 Å². The predicted molar refractivity (Wildman–Crippen MR) is 65.5 cm³/mol. The van der Waals surface area contributed by atoms with Gasteiger partial charge in [0.05, 0.1) is 11.7 Å². The van der Waals surface area contributed by atoms with E-state index < -0.39 is 16.1 Å². The molecule has 0 aromatic heterocycles. The quantitative estimate of drug-likeness (QED) is 0.878. The largest absolute Gasteiger partial charge is 0.392 e. The van der Waals surface area contributed by atoms with Gasteiger partial charge in [-0.1, -0.05) is 11.6 Å². The van der Waals surface area contributed by atoms with Gasteiger partial charge in [-0.2, -0.15) is 9.57 Å². The van der Waals surface area contributed by atoms with E-state index in [1.54, 1.807) is 0 Å². The number of aliphatic hydroxyl groups is 1. The standard InChI is InChI=1S/C11H11ClN2O3S/c12-9-1-2-11(8(5-9)6-13)18(16,17)14-4-3-10(15)7-14/h1-2,5,10,15H,3-4,7H2/t10-/m1/s1. The monoisotopic (exact) mass is 286 g/mol. The number of β-amino-alcohol motifs (C(OH)–C–C–N with tert-alkyl or cyclic N) is 1.